The van der Waals surface area contributed by atoms with Gasteiger partial charge < -0.3 is 4.74 Å². The molecule has 0 radical (unpaired) electrons. The maximum absolute atomic E-state index is 12.8. The van der Waals surface area contributed by atoms with Crippen LogP contribution in [0.15, 0.2) is 18.2 Å². The molecule has 2 aromatic rings. The van der Waals surface area contributed by atoms with E-state index in [-0.39, 0.29) is 24.3 Å². The number of hydrogen-bond acceptors (Lipinski definition) is 6. The summed E-state index contributed by atoms with van der Waals surface area (Å²) in [6.07, 6.45) is 0. The van der Waals surface area contributed by atoms with Crippen LogP contribution in [0.25, 0.3) is 0 Å². The lowest BCUT2D eigenvalue weighted by Crippen LogP contribution is -2.54. The minimum atomic E-state index is -1.07. The number of nitrogens with zero attached hydrogens (tertiary/aromatic N) is 3. The summed E-state index contributed by atoms with van der Waals surface area (Å²) in [5.74, 6) is 0.0505. The van der Waals surface area contributed by atoms with E-state index in [4.69, 9.17) is 16.3 Å². The number of aromatic nitrogens is 2. The van der Waals surface area contributed by atoms with Crippen LogP contribution in [0.4, 0.5) is 10.8 Å². The Balaban J connectivity index is 1.82. The molecule has 0 saturated carbocycles. The van der Waals surface area contributed by atoms with Gasteiger partial charge in [-0.25, -0.2) is 0 Å². The van der Waals surface area contributed by atoms with Gasteiger partial charge in [0.1, 0.15) is 17.3 Å². The Hall–Kier alpha value is -2.19. The molecular weight excluding hydrogens is 376 g/mol. The van der Waals surface area contributed by atoms with Crippen molar-refractivity contribution in [1.29, 1.82) is 0 Å². The predicted octanol–water partition coefficient (Wildman–Crippen LogP) is 3.46. The lowest BCUT2D eigenvalue weighted by atomic mass is 10.0. The fourth-order valence-electron chi connectivity index (χ4n) is 2.52. The number of amides is 2. The molecule has 0 spiro atoms. The number of nitrogens with one attached hydrogen (secondary N) is 1. The van der Waals surface area contributed by atoms with Gasteiger partial charge in [-0.3, -0.25) is 19.8 Å². The molecule has 0 atom stereocenters. The molecule has 1 aromatic heterocycles. The molecule has 1 aliphatic rings. The lowest BCUT2D eigenvalue weighted by molar-refractivity contribution is -0.133. The van der Waals surface area contributed by atoms with Crippen molar-refractivity contribution in [2.75, 3.05) is 16.8 Å². The number of halogens is 1. The molecule has 2 heterocycles. The van der Waals surface area contributed by atoms with E-state index >= 15 is 0 Å². The van der Waals surface area contributed by atoms with Crippen LogP contribution in [-0.4, -0.2) is 34.2 Å². The van der Waals surface area contributed by atoms with E-state index in [9.17, 15) is 9.59 Å². The SMILES string of the molecule is CC(C)c1nnc(NC(=O)CN2C(=O)C(C)(C)Oc3ccc(Cl)cc32)s1. The number of ether oxygens (including phenoxy) is 1. The second-order valence-corrected chi connectivity index (χ2v) is 8.21. The molecule has 3 rings (SSSR count). The number of fused-ring (bicyclic) bond motifs is 1. The molecule has 7 nitrogen and oxygen atoms in total. The molecule has 0 bridgehead atoms. The lowest BCUT2D eigenvalue weighted by Gasteiger charge is -2.38. The average molecular weight is 395 g/mol. The monoisotopic (exact) mass is 394 g/mol. The summed E-state index contributed by atoms with van der Waals surface area (Å²) in [7, 11) is 0. The van der Waals surface area contributed by atoms with E-state index in [1.807, 2.05) is 13.8 Å². The van der Waals surface area contributed by atoms with Crippen molar-refractivity contribution in [3.05, 3.63) is 28.2 Å². The quantitative estimate of drug-likeness (QED) is 0.858. The van der Waals surface area contributed by atoms with E-state index in [2.05, 4.69) is 15.5 Å². The first kappa shape index (κ1) is 18.6. The van der Waals surface area contributed by atoms with Gasteiger partial charge in [-0.1, -0.05) is 36.8 Å². The van der Waals surface area contributed by atoms with Crippen molar-refractivity contribution in [3.8, 4) is 5.75 Å². The molecule has 0 saturated heterocycles. The summed E-state index contributed by atoms with van der Waals surface area (Å²) in [5.41, 5.74) is -0.605. The number of carbonyl (C=O) groups is 2. The molecule has 1 aliphatic heterocycles. The Morgan fingerprint density at radius 2 is 2.12 bits per heavy atom. The van der Waals surface area contributed by atoms with Gasteiger partial charge in [0, 0.05) is 10.9 Å². The van der Waals surface area contributed by atoms with Crippen molar-refractivity contribution < 1.29 is 14.3 Å². The molecule has 26 heavy (non-hydrogen) atoms. The van der Waals surface area contributed by atoms with Gasteiger partial charge in [-0.05, 0) is 32.0 Å². The molecule has 1 aromatic carbocycles. The number of rotatable bonds is 4. The minimum absolute atomic E-state index is 0.171. The van der Waals surface area contributed by atoms with Crippen LogP contribution in [0.1, 0.15) is 38.6 Å². The first-order chi connectivity index (χ1) is 12.2. The number of hydrogen-bond donors (Lipinski definition) is 1. The molecule has 2 amide bonds. The first-order valence-corrected chi connectivity index (χ1v) is 9.30. The topological polar surface area (TPSA) is 84.4 Å². The van der Waals surface area contributed by atoms with E-state index in [1.165, 1.54) is 16.2 Å². The fourth-order valence-corrected chi connectivity index (χ4v) is 3.45. The van der Waals surface area contributed by atoms with Gasteiger partial charge in [-0.15, -0.1) is 10.2 Å². The van der Waals surface area contributed by atoms with Crippen LogP contribution in [0.2, 0.25) is 5.02 Å². The van der Waals surface area contributed by atoms with Crippen molar-refractivity contribution in [2.24, 2.45) is 0 Å². The summed E-state index contributed by atoms with van der Waals surface area (Å²) < 4.78 is 5.74. The van der Waals surface area contributed by atoms with Crippen LogP contribution in [-0.2, 0) is 9.59 Å². The minimum Gasteiger partial charge on any atom is -0.476 e. The number of carbonyl (C=O) groups excluding carboxylic acids is 2. The van der Waals surface area contributed by atoms with Crippen molar-refractivity contribution in [3.63, 3.8) is 0 Å². The smallest absolute Gasteiger partial charge is 0.271 e. The predicted molar refractivity (Wildman–Crippen MR) is 101 cm³/mol. The fraction of sp³-hybridized carbons (Fsp3) is 0.412. The summed E-state index contributed by atoms with van der Waals surface area (Å²) in [6, 6.07) is 4.98. The van der Waals surface area contributed by atoms with Gasteiger partial charge in [0.25, 0.3) is 5.91 Å². The standard InChI is InChI=1S/C17H19ClN4O3S/c1-9(2)14-20-21-16(26-14)19-13(23)8-22-11-7-10(18)5-6-12(11)25-17(3,4)15(22)24/h5-7,9H,8H2,1-4H3,(H,19,21,23). The molecule has 9 heteroatoms. The summed E-state index contributed by atoms with van der Waals surface area (Å²) >= 11 is 7.37. The Kier molecular flexibility index (Phi) is 4.90. The van der Waals surface area contributed by atoms with Crippen molar-refractivity contribution in [2.45, 2.75) is 39.2 Å². The summed E-state index contributed by atoms with van der Waals surface area (Å²) in [4.78, 5) is 26.6. The first-order valence-electron chi connectivity index (χ1n) is 8.11. The molecule has 1 N–H and O–H groups in total. The zero-order valence-electron chi connectivity index (χ0n) is 14.9. The Labute approximate surface area is 160 Å². The zero-order chi connectivity index (χ0) is 19.1. The highest BCUT2D eigenvalue weighted by Gasteiger charge is 2.41. The average Bonchev–Trinajstić information content (AvgIpc) is 3.01. The van der Waals surface area contributed by atoms with Crippen LogP contribution in [0, 0.1) is 0 Å². The van der Waals surface area contributed by atoms with E-state index in [1.54, 1.807) is 32.0 Å². The van der Waals surface area contributed by atoms with Crippen LogP contribution in [0.3, 0.4) is 0 Å². The normalized spacial score (nSPS) is 15.6. The van der Waals surface area contributed by atoms with Gasteiger partial charge >= 0.3 is 0 Å². The Morgan fingerprint density at radius 1 is 1.38 bits per heavy atom. The summed E-state index contributed by atoms with van der Waals surface area (Å²) in [6.45, 7) is 7.16. The number of anilines is 2. The highest BCUT2D eigenvalue weighted by Crippen LogP contribution is 2.39. The third-order valence-corrected chi connectivity index (χ3v) is 5.19. The maximum Gasteiger partial charge on any atom is 0.271 e. The van der Waals surface area contributed by atoms with Gasteiger partial charge in [0.05, 0.1) is 5.69 Å². The van der Waals surface area contributed by atoms with Crippen molar-refractivity contribution in [1.82, 2.24) is 10.2 Å². The Bertz CT molecular complexity index is 865. The van der Waals surface area contributed by atoms with Gasteiger partial charge in [0.2, 0.25) is 11.0 Å². The number of benzene rings is 1. The second-order valence-electron chi connectivity index (χ2n) is 6.76. The van der Waals surface area contributed by atoms with Gasteiger partial charge in [0.15, 0.2) is 5.60 Å². The van der Waals surface area contributed by atoms with Crippen LogP contribution >= 0.6 is 22.9 Å². The zero-order valence-corrected chi connectivity index (χ0v) is 16.4. The van der Waals surface area contributed by atoms with Gasteiger partial charge in [-0.2, -0.15) is 0 Å². The van der Waals surface area contributed by atoms with E-state index in [0.29, 0.717) is 21.6 Å². The van der Waals surface area contributed by atoms with E-state index < -0.39 is 5.60 Å². The highest BCUT2D eigenvalue weighted by molar-refractivity contribution is 7.15. The van der Waals surface area contributed by atoms with Crippen LogP contribution < -0.4 is 15.0 Å². The second kappa shape index (κ2) is 6.85. The Morgan fingerprint density at radius 3 is 2.77 bits per heavy atom. The largest absolute Gasteiger partial charge is 0.476 e. The highest BCUT2D eigenvalue weighted by atomic mass is 35.5. The molecule has 0 aliphatic carbocycles. The molecule has 0 fully saturated rings. The molecular formula is C17H19ClN4O3S. The molecule has 0 unspecified atom stereocenters. The maximum atomic E-state index is 12.8. The third-order valence-electron chi connectivity index (χ3n) is 3.82. The third kappa shape index (κ3) is 3.66. The molecule has 138 valence electrons. The summed E-state index contributed by atoms with van der Waals surface area (Å²) in [5, 5.41) is 12.4. The van der Waals surface area contributed by atoms with E-state index in [0.717, 1.165) is 5.01 Å². The van der Waals surface area contributed by atoms with Crippen molar-refractivity contribution >= 4 is 45.6 Å². The van der Waals surface area contributed by atoms with Crippen LogP contribution in [0.5, 0.6) is 5.75 Å².